The molecule has 138 valence electrons. The highest BCUT2D eigenvalue weighted by Gasteiger charge is 2.24. The molecule has 0 aliphatic carbocycles. The van der Waals surface area contributed by atoms with Gasteiger partial charge in [-0.15, -0.1) is 0 Å². The maximum atomic E-state index is 12.4. The minimum Gasteiger partial charge on any atom is -0.454 e. The number of carbonyl (C=O) groups excluding carboxylic acids is 1. The molecule has 3 aromatic rings. The van der Waals surface area contributed by atoms with Gasteiger partial charge in [-0.3, -0.25) is 9.36 Å². The van der Waals surface area contributed by atoms with E-state index in [4.69, 9.17) is 9.47 Å². The van der Waals surface area contributed by atoms with Crippen LogP contribution in [0.2, 0.25) is 0 Å². The molecule has 3 heterocycles. The van der Waals surface area contributed by atoms with Gasteiger partial charge in [0.15, 0.2) is 11.5 Å². The normalized spacial score (nSPS) is 15.3. The Hall–Kier alpha value is -2.79. The first-order chi connectivity index (χ1) is 13.3. The Morgan fingerprint density at radius 3 is 2.89 bits per heavy atom. The van der Waals surface area contributed by atoms with Crippen molar-refractivity contribution in [2.24, 2.45) is 0 Å². The second-order valence-electron chi connectivity index (χ2n) is 7.14. The molecular weight excluding hydrogens is 340 g/mol. The summed E-state index contributed by atoms with van der Waals surface area (Å²) in [5.41, 5.74) is 4.76. The van der Waals surface area contributed by atoms with Gasteiger partial charge in [-0.2, -0.15) is 0 Å². The van der Waals surface area contributed by atoms with Gasteiger partial charge < -0.3 is 14.8 Å². The number of ether oxygens (including phenoxy) is 2. The third kappa shape index (κ3) is 2.88. The highest BCUT2D eigenvalue weighted by Crippen LogP contribution is 2.33. The van der Waals surface area contributed by atoms with E-state index < -0.39 is 0 Å². The second kappa shape index (κ2) is 6.74. The van der Waals surface area contributed by atoms with Gasteiger partial charge in [0.25, 0.3) is 0 Å². The molecule has 2 aliphatic heterocycles. The fraction of sp³-hybridized carbons (Fsp3) is 0.318. The number of para-hydroxylation sites is 1. The fourth-order valence-electron chi connectivity index (χ4n) is 4.20. The monoisotopic (exact) mass is 362 g/mol. The molecular formula is C22H22N2O3. The Morgan fingerprint density at radius 1 is 1.04 bits per heavy atom. The van der Waals surface area contributed by atoms with E-state index in [1.165, 1.54) is 22.2 Å². The van der Waals surface area contributed by atoms with E-state index in [0.29, 0.717) is 13.2 Å². The third-order valence-electron chi connectivity index (χ3n) is 5.46. The Kier molecular flexibility index (Phi) is 4.09. The number of nitrogens with zero attached hydrogens (tertiary/aromatic N) is 1. The highest BCUT2D eigenvalue weighted by atomic mass is 16.7. The molecule has 2 aromatic carbocycles. The van der Waals surface area contributed by atoms with Gasteiger partial charge >= 0.3 is 0 Å². The summed E-state index contributed by atoms with van der Waals surface area (Å²) >= 11 is 0. The van der Waals surface area contributed by atoms with Crippen LogP contribution in [0.3, 0.4) is 0 Å². The van der Waals surface area contributed by atoms with Crippen LogP contribution in [0.4, 0.5) is 0 Å². The van der Waals surface area contributed by atoms with Crippen molar-refractivity contribution in [3.63, 3.8) is 0 Å². The van der Waals surface area contributed by atoms with E-state index in [-0.39, 0.29) is 5.91 Å². The van der Waals surface area contributed by atoms with E-state index in [9.17, 15) is 4.79 Å². The molecule has 5 rings (SSSR count). The van der Waals surface area contributed by atoms with Gasteiger partial charge in [-0.25, -0.2) is 0 Å². The van der Waals surface area contributed by atoms with Gasteiger partial charge in [0.2, 0.25) is 12.7 Å². The zero-order valence-electron chi connectivity index (χ0n) is 15.2. The van der Waals surface area contributed by atoms with Crippen LogP contribution in [-0.4, -0.2) is 23.8 Å². The largest absolute Gasteiger partial charge is 0.454 e. The molecule has 0 unspecified atom stereocenters. The quantitative estimate of drug-likeness (QED) is 0.704. The van der Waals surface area contributed by atoms with Crippen LogP contribution in [0.5, 0.6) is 11.5 Å². The average Bonchev–Trinajstić information content (AvgIpc) is 3.28. The molecule has 1 aromatic heterocycles. The van der Waals surface area contributed by atoms with Crippen LogP contribution >= 0.6 is 0 Å². The predicted octanol–water partition coefficient (Wildman–Crippen LogP) is 3.68. The van der Waals surface area contributed by atoms with Crippen LogP contribution < -0.4 is 14.8 Å². The maximum absolute atomic E-state index is 12.4. The van der Waals surface area contributed by atoms with Gasteiger partial charge in [-0.1, -0.05) is 24.3 Å². The zero-order valence-corrected chi connectivity index (χ0v) is 15.2. The molecule has 2 aliphatic rings. The first kappa shape index (κ1) is 16.4. The summed E-state index contributed by atoms with van der Waals surface area (Å²) in [5.74, 6) is 1.86. The van der Waals surface area contributed by atoms with E-state index in [1.54, 1.807) is 0 Å². The van der Waals surface area contributed by atoms with Crippen LogP contribution in [-0.2, 0) is 19.4 Å². The predicted molar refractivity (Wildman–Crippen MR) is 103 cm³/mol. The van der Waals surface area contributed by atoms with Crippen LogP contribution in [0.25, 0.3) is 10.9 Å². The standard InChI is InChI=1S/C22H22N2O3/c25-22-7-3-6-19-17(16-4-1-2-5-18(16)24(19)22)10-11-23-13-15-8-9-20-21(12-15)27-14-26-20/h1-2,4-5,8-9,12,23H,3,6-7,10-11,13-14H2. The molecule has 0 saturated heterocycles. The summed E-state index contributed by atoms with van der Waals surface area (Å²) in [5, 5.41) is 4.74. The number of benzene rings is 2. The number of hydrogen-bond acceptors (Lipinski definition) is 4. The van der Waals surface area contributed by atoms with Crippen LogP contribution in [0.15, 0.2) is 42.5 Å². The van der Waals surface area contributed by atoms with E-state index in [0.717, 1.165) is 49.4 Å². The first-order valence-corrected chi connectivity index (χ1v) is 9.55. The first-order valence-electron chi connectivity index (χ1n) is 9.55. The van der Waals surface area contributed by atoms with Crippen molar-refractivity contribution >= 4 is 16.8 Å². The summed E-state index contributed by atoms with van der Waals surface area (Å²) in [7, 11) is 0. The SMILES string of the molecule is O=C1CCCc2c(CCNCc3ccc4c(c3)OCO4)c3ccccc3n21. The Balaban J connectivity index is 1.31. The van der Waals surface area contributed by atoms with Crippen molar-refractivity contribution in [1.82, 2.24) is 9.88 Å². The third-order valence-corrected chi connectivity index (χ3v) is 5.46. The minimum atomic E-state index is 0.229. The maximum Gasteiger partial charge on any atom is 0.231 e. The second-order valence-corrected chi connectivity index (χ2v) is 7.14. The lowest BCUT2D eigenvalue weighted by Crippen LogP contribution is -2.21. The minimum absolute atomic E-state index is 0.229. The Bertz CT molecular complexity index is 1020. The summed E-state index contributed by atoms with van der Waals surface area (Å²) in [6.45, 7) is 1.95. The fourth-order valence-corrected chi connectivity index (χ4v) is 4.20. The number of hydrogen-bond donors (Lipinski definition) is 1. The summed E-state index contributed by atoms with van der Waals surface area (Å²) in [6, 6.07) is 14.3. The van der Waals surface area contributed by atoms with Crippen LogP contribution in [0, 0.1) is 0 Å². The number of aromatic nitrogens is 1. The molecule has 1 N–H and O–H groups in total. The van der Waals surface area contributed by atoms with Crippen molar-refractivity contribution in [1.29, 1.82) is 0 Å². The zero-order chi connectivity index (χ0) is 18.2. The molecule has 0 amide bonds. The lowest BCUT2D eigenvalue weighted by Gasteiger charge is -2.16. The van der Waals surface area contributed by atoms with E-state index in [1.807, 2.05) is 22.8 Å². The molecule has 0 fully saturated rings. The molecule has 0 atom stereocenters. The lowest BCUT2D eigenvalue weighted by atomic mass is 10.0. The summed E-state index contributed by atoms with van der Waals surface area (Å²) in [6.07, 6.45) is 3.50. The van der Waals surface area contributed by atoms with Gasteiger partial charge in [0.1, 0.15) is 0 Å². The van der Waals surface area contributed by atoms with Crippen LogP contribution in [0.1, 0.15) is 34.5 Å². The summed E-state index contributed by atoms with van der Waals surface area (Å²) < 4.78 is 12.7. The molecule has 5 nitrogen and oxygen atoms in total. The number of carbonyl (C=O) groups is 1. The summed E-state index contributed by atoms with van der Waals surface area (Å²) in [4.78, 5) is 12.4. The molecule has 0 radical (unpaired) electrons. The van der Waals surface area contributed by atoms with E-state index in [2.05, 4.69) is 29.6 Å². The smallest absolute Gasteiger partial charge is 0.231 e. The lowest BCUT2D eigenvalue weighted by molar-refractivity contribution is 0.0889. The molecule has 0 saturated carbocycles. The van der Waals surface area contributed by atoms with Gasteiger partial charge in [0, 0.05) is 24.0 Å². The van der Waals surface area contributed by atoms with Crippen molar-refractivity contribution in [2.45, 2.75) is 32.2 Å². The number of fused-ring (bicyclic) bond motifs is 4. The molecule has 0 spiro atoms. The Morgan fingerprint density at radius 2 is 1.93 bits per heavy atom. The number of rotatable bonds is 5. The average molecular weight is 362 g/mol. The Labute approximate surface area is 157 Å². The highest BCUT2D eigenvalue weighted by molar-refractivity contribution is 5.96. The van der Waals surface area contributed by atoms with Gasteiger partial charge in [0.05, 0.1) is 5.52 Å². The number of nitrogens with one attached hydrogen (secondary N) is 1. The molecule has 27 heavy (non-hydrogen) atoms. The van der Waals surface area contributed by atoms with E-state index >= 15 is 0 Å². The van der Waals surface area contributed by atoms with Gasteiger partial charge in [-0.05, 0) is 55.1 Å². The van der Waals surface area contributed by atoms with Crippen molar-refractivity contribution in [2.75, 3.05) is 13.3 Å². The topological polar surface area (TPSA) is 52.5 Å². The van der Waals surface area contributed by atoms with Crippen molar-refractivity contribution < 1.29 is 14.3 Å². The molecule has 0 bridgehead atoms. The molecule has 5 heteroatoms. The van der Waals surface area contributed by atoms with Crippen molar-refractivity contribution in [3.05, 3.63) is 59.3 Å². The van der Waals surface area contributed by atoms with Crippen molar-refractivity contribution in [3.8, 4) is 11.5 Å².